The Bertz CT molecular complexity index is 728. The zero-order chi connectivity index (χ0) is 23.9. The zero-order valence-electron chi connectivity index (χ0n) is 22.2. The van der Waals surface area contributed by atoms with E-state index in [1.54, 1.807) is 33.4 Å². The second-order valence-electron chi connectivity index (χ2n) is 9.87. The maximum absolute atomic E-state index is 2.97. The minimum Gasteiger partial charge on any atom is -0.138 e. The molecule has 0 bridgehead atoms. The van der Waals surface area contributed by atoms with Crippen molar-refractivity contribution in [1.29, 1.82) is 0 Å². The molecule has 1 unspecified atom stereocenters. The molecule has 2 rings (SSSR count). The molecule has 0 amide bonds. The van der Waals surface area contributed by atoms with Crippen molar-refractivity contribution in [2.24, 2.45) is 0 Å². The lowest BCUT2D eigenvalue weighted by molar-refractivity contribution is 0.665. The average Bonchev–Trinajstić information content (AvgIpc) is 2.84. The van der Waals surface area contributed by atoms with Crippen molar-refractivity contribution in [3.63, 3.8) is 0 Å². The lowest BCUT2D eigenvalue weighted by atomic mass is 9.78. The highest BCUT2D eigenvalue weighted by molar-refractivity contribution is 7.16. The van der Waals surface area contributed by atoms with Crippen LogP contribution < -0.4 is 0 Å². The van der Waals surface area contributed by atoms with Crippen LogP contribution in [0, 0.1) is 0 Å². The molecule has 0 radical (unpaired) electrons. The fourth-order valence-corrected chi connectivity index (χ4v) is 5.52. The molecule has 0 saturated carbocycles. The van der Waals surface area contributed by atoms with Gasteiger partial charge in [0.1, 0.15) is 0 Å². The van der Waals surface area contributed by atoms with Gasteiger partial charge in [0.2, 0.25) is 0 Å². The summed E-state index contributed by atoms with van der Waals surface area (Å²) in [7, 11) is 2.97. The second-order valence-corrected chi connectivity index (χ2v) is 10.4. The van der Waals surface area contributed by atoms with Crippen molar-refractivity contribution in [3.05, 3.63) is 69.8 Å². The van der Waals surface area contributed by atoms with Crippen LogP contribution >= 0.6 is 9.24 Å². The Morgan fingerprint density at radius 3 is 1.39 bits per heavy atom. The lowest BCUT2D eigenvalue weighted by Crippen LogP contribution is -2.12. The Kier molecular flexibility index (Phi) is 14.0. The number of aryl methyl sites for hydroxylation is 2. The molecule has 1 atom stereocenters. The molecule has 0 aliphatic rings. The molecule has 2 aromatic carbocycles. The Balaban J connectivity index is 2.62. The molecule has 33 heavy (non-hydrogen) atoms. The van der Waals surface area contributed by atoms with Crippen molar-refractivity contribution in [2.75, 3.05) is 6.16 Å². The third-order valence-electron chi connectivity index (χ3n) is 7.23. The van der Waals surface area contributed by atoms with Crippen LogP contribution in [0.25, 0.3) is 0 Å². The minimum absolute atomic E-state index is 0.535. The van der Waals surface area contributed by atoms with Crippen molar-refractivity contribution in [1.82, 2.24) is 0 Å². The standard InChI is InChI=1S/C32H51P/c1-5-9-16-26-18-13-22-30(28(26)20-11-7-3)32(24-15-25-33)31-23-14-19-27(17-10-6-2)29(31)21-12-8-4/h13-14,18-19,22-23,32H,5-12,15-17,20-21,24-25,33H2,1-4H3. The van der Waals surface area contributed by atoms with Crippen LogP contribution in [0.2, 0.25) is 0 Å². The molecule has 0 aromatic heterocycles. The van der Waals surface area contributed by atoms with Gasteiger partial charge in [0.05, 0.1) is 0 Å². The maximum atomic E-state index is 2.97. The number of unbranched alkanes of at least 4 members (excludes halogenated alkanes) is 4. The summed E-state index contributed by atoms with van der Waals surface area (Å²) in [5.74, 6) is 0.535. The van der Waals surface area contributed by atoms with Crippen LogP contribution in [0.5, 0.6) is 0 Å². The minimum atomic E-state index is 0.535. The second kappa shape index (κ2) is 16.5. The molecule has 0 nitrogen and oxygen atoms in total. The third-order valence-corrected chi connectivity index (χ3v) is 7.63. The summed E-state index contributed by atoms with van der Waals surface area (Å²) in [5.41, 5.74) is 9.89. The quantitative estimate of drug-likeness (QED) is 0.203. The van der Waals surface area contributed by atoms with E-state index in [1.165, 1.54) is 96.1 Å². The molecular weight excluding hydrogens is 415 g/mol. The molecular formula is C32H51P. The van der Waals surface area contributed by atoms with E-state index in [9.17, 15) is 0 Å². The van der Waals surface area contributed by atoms with Gasteiger partial charge in [-0.05, 0) is 104 Å². The predicted octanol–water partition coefficient (Wildman–Crippen LogP) is 9.84. The number of hydrogen-bond acceptors (Lipinski definition) is 0. The average molecular weight is 467 g/mol. The van der Waals surface area contributed by atoms with Crippen molar-refractivity contribution in [2.45, 2.75) is 124 Å². The largest absolute Gasteiger partial charge is 0.138 e. The first-order chi connectivity index (χ1) is 16.2. The van der Waals surface area contributed by atoms with E-state index in [2.05, 4.69) is 73.3 Å². The Labute approximate surface area is 208 Å². The molecule has 2 aromatic rings. The Hall–Kier alpha value is -1.13. The lowest BCUT2D eigenvalue weighted by Gasteiger charge is -2.27. The first-order valence-electron chi connectivity index (χ1n) is 14.1. The highest BCUT2D eigenvalue weighted by Gasteiger charge is 2.22. The highest BCUT2D eigenvalue weighted by atomic mass is 31.0. The molecule has 184 valence electrons. The third kappa shape index (κ3) is 8.55. The fraction of sp³-hybridized carbons (Fsp3) is 0.625. The SMILES string of the molecule is CCCCc1cccc(C(CCCP)c2cccc(CCCC)c2CCCC)c1CCCC. The first-order valence-corrected chi connectivity index (χ1v) is 14.9. The molecule has 1 heteroatoms. The Morgan fingerprint density at radius 1 is 0.576 bits per heavy atom. The fourth-order valence-electron chi connectivity index (χ4n) is 5.28. The topological polar surface area (TPSA) is 0 Å². The van der Waals surface area contributed by atoms with Gasteiger partial charge in [-0.15, -0.1) is 9.24 Å². The van der Waals surface area contributed by atoms with E-state index in [4.69, 9.17) is 0 Å². The van der Waals surface area contributed by atoms with Crippen molar-refractivity contribution >= 4 is 9.24 Å². The van der Waals surface area contributed by atoms with Gasteiger partial charge in [-0.1, -0.05) is 89.8 Å². The van der Waals surface area contributed by atoms with Crippen LogP contribution in [0.15, 0.2) is 36.4 Å². The summed E-state index contributed by atoms with van der Waals surface area (Å²) in [6.45, 7) is 9.30. The predicted molar refractivity (Wildman–Crippen MR) is 153 cm³/mol. The highest BCUT2D eigenvalue weighted by Crippen LogP contribution is 2.38. The van der Waals surface area contributed by atoms with Gasteiger partial charge in [-0.2, -0.15) is 0 Å². The molecule has 0 fully saturated rings. The van der Waals surface area contributed by atoms with Gasteiger partial charge < -0.3 is 0 Å². The van der Waals surface area contributed by atoms with E-state index in [-0.39, 0.29) is 0 Å². The number of rotatable bonds is 17. The van der Waals surface area contributed by atoms with E-state index >= 15 is 0 Å². The molecule has 0 heterocycles. The summed E-state index contributed by atoms with van der Waals surface area (Å²) in [6.07, 6.45) is 18.9. The van der Waals surface area contributed by atoms with E-state index in [0.717, 1.165) is 0 Å². The van der Waals surface area contributed by atoms with Crippen LogP contribution in [0.3, 0.4) is 0 Å². The number of benzene rings is 2. The first kappa shape index (κ1) is 28.1. The number of hydrogen-bond donors (Lipinski definition) is 0. The van der Waals surface area contributed by atoms with E-state index in [0.29, 0.717) is 5.92 Å². The monoisotopic (exact) mass is 466 g/mol. The smallest absolute Gasteiger partial charge is 0.00951 e. The molecule has 0 aliphatic carbocycles. The summed E-state index contributed by atoms with van der Waals surface area (Å²) in [6, 6.07) is 14.5. The summed E-state index contributed by atoms with van der Waals surface area (Å²) >= 11 is 0. The summed E-state index contributed by atoms with van der Waals surface area (Å²) < 4.78 is 0. The van der Waals surface area contributed by atoms with Gasteiger partial charge in [-0.3, -0.25) is 0 Å². The molecule has 0 aliphatic heterocycles. The Morgan fingerprint density at radius 2 is 1.00 bits per heavy atom. The van der Waals surface area contributed by atoms with Gasteiger partial charge in [0, 0.05) is 5.92 Å². The molecule has 0 spiro atoms. The summed E-state index contributed by atoms with van der Waals surface area (Å²) in [5, 5.41) is 0. The maximum Gasteiger partial charge on any atom is 0.00951 e. The van der Waals surface area contributed by atoms with E-state index < -0.39 is 0 Å². The summed E-state index contributed by atoms with van der Waals surface area (Å²) in [4.78, 5) is 0. The molecule has 0 saturated heterocycles. The zero-order valence-corrected chi connectivity index (χ0v) is 23.4. The van der Waals surface area contributed by atoms with Crippen LogP contribution in [-0.2, 0) is 25.7 Å². The van der Waals surface area contributed by atoms with Crippen molar-refractivity contribution < 1.29 is 0 Å². The van der Waals surface area contributed by atoms with Crippen LogP contribution in [-0.4, -0.2) is 6.16 Å². The van der Waals surface area contributed by atoms with E-state index in [1.807, 2.05) is 0 Å². The van der Waals surface area contributed by atoms with Crippen LogP contribution in [0.1, 0.15) is 131 Å². The van der Waals surface area contributed by atoms with Gasteiger partial charge in [0.25, 0.3) is 0 Å². The van der Waals surface area contributed by atoms with Crippen molar-refractivity contribution in [3.8, 4) is 0 Å². The normalized spacial score (nSPS) is 11.5. The van der Waals surface area contributed by atoms with Gasteiger partial charge in [-0.25, -0.2) is 0 Å². The molecule has 0 N–H and O–H groups in total. The van der Waals surface area contributed by atoms with Gasteiger partial charge >= 0.3 is 0 Å². The van der Waals surface area contributed by atoms with Gasteiger partial charge in [0.15, 0.2) is 0 Å². The van der Waals surface area contributed by atoms with Crippen LogP contribution in [0.4, 0.5) is 0 Å².